The highest BCUT2D eigenvalue weighted by Gasteiger charge is 2.43. The Morgan fingerprint density at radius 2 is 1.78 bits per heavy atom. The maximum Gasteiger partial charge on any atom is 0.355 e. The molecule has 3 rings (SSSR count). The van der Waals surface area contributed by atoms with Gasteiger partial charge in [-0.15, -0.1) is 0 Å². The number of benzene rings is 2. The Balaban J connectivity index is 2.41. The minimum Gasteiger partial charge on any atom is -0.466 e. The standard InChI is InChI=1S/C24H22BrN3O4/c1-4-14-10-11-18(17(25)12-14)28-21(24(30)32-3)20(23(29)31-2)19(16(13-26)22(28)27)15-8-6-5-7-9-15/h5-12,19H,4,27H2,1-3H3. The second-order valence-corrected chi connectivity index (χ2v) is 7.83. The lowest BCUT2D eigenvalue weighted by atomic mass is 9.81. The Morgan fingerprint density at radius 3 is 2.31 bits per heavy atom. The summed E-state index contributed by atoms with van der Waals surface area (Å²) in [5, 5.41) is 10.0. The van der Waals surface area contributed by atoms with Crippen molar-refractivity contribution in [2.75, 3.05) is 19.1 Å². The average Bonchev–Trinajstić information content (AvgIpc) is 2.82. The number of nitrogens with two attached hydrogens (primary N) is 1. The van der Waals surface area contributed by atoms with Crippen molar-refractivity contribution in [3.8, 4) is 6.07 Å². The second kappa shape index (κ2) is 9.71. The van der Waals surface area contributed by atoms with E-state index in [0.29, 0.717) is 15.7 Å². The SMILES string of the molecule is CCc1ccc(N2C(N)=C(C#N)C(c3ccccc3)C(C(=O)OC)=C2C(=O)OC)c(Br)c1. The molecule has 8 heteroatoms. The molecule has 0 aromatic heterocycles. The third-order valence-corrected chi connectivity index (χ3v) is 5.91. The molecule has 2 aromatic carbocycles. The molecule has 2 aromatic rings. The van der Waals surface area contributed by atoms with Crippen LogP contribution in [0, 0.1) is 11.3 Å². The number of halogens is 1. The van der Waals surface area contributed by atoms with Crippen LogP contribution < -0.4 is 10.6 Å². The number of methoxy groups -OCH3 is 2. The van der Waals surface area contributed by atoms with Crippen molar-refractivity contribution in [2.45, 2.75) is 19.3 Å². The number of ether oxygens (including phenoxy) is 2. The fraction of sp³-hybridized carbons (Fsp3) is 0.208. The molecule has 0 amide bonds. The average molecular weight is 496 g/mol. The first-order valence-corrected chi connectivity index (χ1v) is 10.6. The lowest BCUT2D eigenvalue weighted by Crippen LogP contribution is -2.41. The molecular weight excluding hydrogens is 474 g/mol. The third-order valence-electron chi connectivity index (χ3n) is 5.27. The van der Waals surface area contributed by atoms with Crippen molar-refractivity contribution in [1.29, 1.82) is 5.26 Å². The highest BCUT2D eigenvalue weighted by molar-refractivity contribution is 9.10. The van der Waals surface area contributed by atoms with Gasteiger partial charge in [0, 0.05) is 4.47 Å². The molecule has 0 spiro atoms. The summed E-state index contributed by atoms with van der Waals surface area (Å²) < 4.78 is 10.7. The molecule has 1 atom stereocenters. The minimum atomic E-state index is -0.896. The van der Waals surface area contributed by atoms with Gasteiger partial charge in [0.05, 0.1) is 43.0 Å². The summed E-state index contributed by atoms with van der Waals surface area (Å²) in [7, 11) is 2.44. The van der Waals surface area contributed by atoms with E-state index in [4.69, 9.17) is 15.2 Å². The van der Waals surface area contributed by atoms with Gasteiger partial charge in [-0.1, -0.05) is 43.3 Å². The van der Waals surface area contributed by atoms with Crippen LogP contribution in [-0.2, 0) is 25.5 Å². The normalized spacial score (nSPS) is 16.0. The number of hydrogen-bond donors (Lipinski definition) is 1. The fourth-order valence-corrected chi connectivity index (χ4v) is 4.32. The third kappa shape index (κ3) is 3.99. The van der Waals surface area contributed by atoms with E-state index < -0.39 is 17.9 Å². The van der Waals surface area contributed by atoms with Gasteiger partial charge in [0.15, 0.2) is 0 Å². The lowest BCUT2D eigenvalue weighted by Gasteiger charge is -2.36. The number of carbonyl (C=O) groups excluding carboxylic acids is 2. The van der Waals surface area contributed by atoms with Gasteiger partial charge >= 0.3 is 11.9 Å². The molecule has 1 heterocycles. The van der Waals surface area contributed by atoms with E-state index in [0.717, 1.165) is 12.0 Å². The second-order valence-electron chi connectivity index (χ2n) is 6.97. The van der Waals surface area contributed by atoms with Crippen LogP contribution >= 0.6 is 15.9 Å². The number of allylic oxidation sites excluding steroid dienone is 1. The zero-order chi connectivity index (χ0) is 23.4. The number of aryl methyl sites for hydroxylation is 1. The van der Waals surface area contributed by atoms with Gasteiger partial charge < -0.3 is 15.2 Å². The molecule has 1 unspecified atom stereocenters. The zero-order valence-electron chi connectivity index (χ0n) is 17.9. The van der Waals surface area contributed by atoms with Crippen LogP contribution in [0.5, 0.6) is 0 Å². The number of anilines is 1. The maximum atomic E-state index is 13.0. The van der Waals surface area contributed by atoms with E-state index in [1.165, 1.54) is 19.1 Å². The van der Waals surface area contributed by atoms with E-state index in [-0.39, 0.29) is 22.7 Å². The van der Waals surface area contributed by atoms with Crippen molar-refractivity contribution in [3.63, 3.8) is 0 Å². The summed E-state index contributed by atoms with van der Waals surface area (Å²) >= 11 is 3.53. The van der Waals surface area contributed by atoms with E-state index in [1.807, 2.05) is 25.1 Å². The van der Waals surface area contributed by atoms with Crippen LogP contribution in [0.15, 0.2) is 75.7 Å². The molecule has 0 saturated heterocycles. The Hall–Kier alpha value is -3.57. The number of nitriles is 1. The Bertz CT molecular complexity index is 1170. The zero-order valence-corrected chi connectivity index (χ0v) is 19.5. The summed E-state index contributed by atoms with van der Waals surface area (Å²) in [6, 6.07) is 16.6. The molecule has 0 radical (unpaired) electrons. The Kier molecular flexibility index (Phi) is 7.01. The summed E-state index contributed by atoms with van der Waals surface area (Å²) in [6.45, 7) is 2.02. The van der Waals surface area contributed by atoms with Crippen LogP contribution in [0.25, 0.3) is 0 Å². The lowest BCUT2D eigenvalue weighted by molar-refractivity contribution is -0.139. The molecule has 0 fully saturated rings. The van der Waals surface area contributed by atoms with Crippen molar-refractivity contribution >= 4 is 33.6 Å². The Morgan fingerprint density at radius 1 is 1.12 bits per heavy atom. The van der Waals surface area contributed by atoms with Crippen LogP contribution in [0.2, 0.25) is 0 Å². The first-order chi connectivity index (χ1) is 15.4. The van der Waals surface area contributed by atoms with Crippen LogP contribution in [-0.4, -0.2) is 26.2 Å². The number of hydrogen-bond acceptors (Lipinski definition) is 7. The van der Waals surface area contributed by atoms with Gasteiger partial charge in [-0.05, 0) is 45.6 Å². The fourth-order valence-electron chi connectivity index (χ4n) is 3.72. The highest BCUT2D eigenvalue weighted by atomic mass is 79.9. The number of esters is 2. The van der Waals surface area contributed by atoms with Crippen molar-refractivity contribution in [1.82, 2.24) is 0 Å². The molecule has 1 aliphatic rings. The van der Waals surface area contributed by atoms with Crippen LogP contribution in [0.1, 0.15) is 24.0 Å². The van der Waals surface area contributed by atoms with Gasteiger partial charge in [-0.25, -0.2) is 9.59 Å². The molecule has 2 N–H and O–H groups in total. The van der Waals surface area contributed by atoms with E-state index in [9.17, 15) is 14.9 Å². The number of nitrogens with zero attached hydrogens (tertiary/aromatic N) is 2. The topological polar surface area (TPSA) is 106 Å². The van der Waals surface area contributed by atoms with Gasteiger partial charge in [0.1, 0.15) is 11.5 Å². The van der Waals surface area contributed by atoms with Gasteiger partial charge in [-0.3, -0.25) is 4.90 Å². The molecular formula is C24H22BrN3O4. The van der Waals surface area contributed by atoms with Crippen molar-refractivity contribution in [3.05, 3.63) is 86.8 Å². The number of carbonyl (C=O) groups is 2. The summed E-state index contributed by atoms with van der Waals surface area (Å²) in [5.41, 5.74) is 8.64. The quantitative estimate of drug-likeness (QED) is 0.626. The smallest absolute Gasteiger partial charge is 0.355 e. The first-order valence-electron chi connectivity index (χ1n) is 9.83. The predicted molar refractivity (Wildman–Crippen MR) is 123 cm³/mol. The van der Waals surface area contributed by atoms with E-state index in [1.54, 1.807) is 30.3 Å². The van der Waals surface area contributed by atoms with Gasteiger partial charge in [0.25, 0.3) is 0 Å². The summed E-state index contributed by atoms with van der Waals surface area (Å²) in [4.78, 5) is 27.4. The molecule has 0 bridgehead atoms. The maximum absolute atomic E-state index is 13.0. The van der Waals surface area contributed by atoms with E-state index in [2.05, 4.69) is 22.0 Å². The van der Waals surface area contributed by atoms with Gasteiger partial charge in [-0.2, -0.15) is 5.26 Å². The van der Waals surface area contributed by atoms with Crippen molar-refractivity contribution < 1.29 is 19.1 Å². The molecule has 7 nitrogen and oxygen atoms in total. The molecule has 164 valence electrons. The van der Waals surface area contributed by atoms with Crippen LogP contribution in [0.3, 0.4) is 0 Å². The molecule has 0 aliphatic carbocycles. The van der Waals surface area contributed by atoms with E-state index >= 15 is 0 Å². The molecule has 1 aliphatic heterocycles. The first kappa shape index (κ1) is 23.1. The molecule has 32 heavy (non-hydrogen) atoms. The van der Waals surface area contributed by atoms with Crippen molar-refractivity contribution in [2.24, 2.45) is 5.73 Å². The van der Waals surface area contributed by atoms with Crippen LogP contribution in [0.4, 0.5) is 5.69 Å². The summed E-state index contributed by atoms with van der Waals surface area (Å²) in [6.07, 6.45) is 0.802. The predicted octanol–water partition coefficient (Wildman–Crippen LogP) is 3.91. The Labute approximate surface area is 194 Å². The van der Waals surface area contributed by atoms with Gasteiger partial charge in [0.2, 0.25) is 0 Å². The highest BCUT2D eigenvalue weighted by Crippen LogP contribution is 2.44. The monoisotopic (exact) mass is 495 g/mol. The minimum absolute atomic E-state index is 0.0252. The molecule has 0 saturated carbocycles. The summed E-state index contributed by atoms with van der Waals surface area (Å²) in [5.74, 6) is -2.41. The largest absolute Gasteiger partial charge is 0.466 e. The number of rotatable bonds is 5.